The van der Waals surface area contributed by atoms with E-state index in [9.17, 15) is 14.3 Å². The monoisotopic (exact) mass is 488 g/mol. The van der Waals surface area contributed by atoms with E-state index in [1.54, 1.807) is 24.5 Å². The summed E-state index contributed by atoms with van der Waals surface area (Å²) in [5, 5.41) is 10.1. The molecular weight excluding hydrogens is 459 g/mol. The predicted molar refractivity (Wildman–Crippen MR) is 136 cm³/mol. The number of ether oxygens (including phenoxy) is 1. The number of nitrogens with zero attached hydrogens (tertiary/aromatic N) is 1. The Balaban J connectivity index is 1.51. The normalized spacial score (nSPS) is 16.0. The van der Waals surface area contributed by atoms with Crippen molar-refractivity contribution in [3.05, 3.63) is 89.2 Å². The van der Waals surface area contributed by atoms with Gasteiger partial charge in [0.2, 0.25) is 0 Å². The Morgan fingerprint density at radius 2 is 1.94 bits per heavy atom. The molecule has 0 unspecified atom stereocenters. The van der Waals surface area contributed by atoms with E-state index in [1.165, 1.54) is 0 Å². The van der Waals surface area contributed by atoms with Crippen LogP contribution in [0.25, 0.3) is 22.1 Å². The van der Waals surface area contributed by atoms with Crippen LogP contribution < -0.4 is 10.5 Å². The fourth-order valence-electron chi connectivity index (χ4n) is 4.81. The second-order valence-electron chi connectivity index (χ2n) is 9.27. The summed E-state index contributed by atoms with van der Waals surface area (Å²) in [5.41, 5.74) is 12.2. The number of hydrogen-bond acceptors (Lipinski definition) is 5. The highest BCUT2D eigenvalue weighted by molar-refractivity contribution is 5.89. The van der Waals surface area contributed by atoms with Gasteiger partial charge in [-0.2, -0.15) is 0 Å². The summed E-state index contributed by atoms with van der Waals surface area (Å²) in [6.45, 7) is 2.41. The second-order valence-corrected chi connectivity index (χ2v) is 9.27. The van der Waals surface area contributed by atoms with Crippen LogP contribution in [0.4, 0.5) is 4.39 Å². The van der Waals surface area contributed by atoms with E-state index in [4.69, 9.17) is 14.9 Å². The van der Waals surface area contributed by atoms with Gasteiger partial charge in [0.1, 0.15) is 24.1 Å². The summed E-state index contributed by atoms with van der Waals surface area (Å²) in [6.07, 6.45) is 1.33. The molecule has 3 aromatic carbocycles. The first kappa shape index (κ1) is 24.0. The molecule has 1 aromatic heterocycles. The van der Waals surface area contributed by atoms with Crippen molar-refractivity contribution in [3.63, 3.8) is 0 Å². The molecule has 7 heteroatoms. The highest BCUT2D eigenvalue weighted by atomic mass is 19.1. The van der Waals surface area contributed by atoms with Crippen molar-refractivity contribution in [3.8, 4) is 16.9 Å². The third-order valence-electron chi connectivity index (χ3n) is 6.63. The first-order valence-electron chi connectivity index (χ1n) is 12.1. The topological polar surface area (TPSA) is 88.9 Å². The molecule has 0 bridgehead atoms. The molecule has 6 nitrogen and oxygen atoms in total. The van der Waals surface area contributed by atoms with E-state index < -0.39 is 12.1 Å². The number of carbonyl (C=O) groups is 1. The van der Waals surface area contributed by atoms with Crippen LogP contribution in [0.1, 0.15) is 28.7 Å². The summed E-state index contributed by atoms with van der Waals surface area (Å²) in [5.74, 6) is -0.376. The van der Waals surface area contributed by atoms with Crippen molar-refractivity contribution in [1.82, 2.24) is 4.90 Å². The van der Waals surface area contributed by atoms with E-state index in [2.05, 4.69) is 29.2 Å². The molecule has 0 radical (unpaired) electrons. The minimum absolute atomic E-state index is 0.112. The maximum absolute atomic E-state index is 13.9. The van der Waals surface area contributed by atoms with Crippen molar-refractivity contribution in [2.45, 2.75) is 38.7 Å². The Kier molecular flexibility index (Phi) is 7.02. The first-order chi connectivity index (χ1) is 17.5. The predicted octanol–water partition coefficient (Wildman–Crippen LogP) is 5.31. The van der Waals surface area contributed by atoms with Crippen LogP contribution in [-0.4, -0.2) is 35.2 Å². The van der Waals surface area contributed by atoms with Gasteiger partial charge in [-0.05, 0) is 47.4 Å². The molecule has 36 heavy (non-hydrogen) atoms. The van der Waals surface area contributed by atoms with Gasteiger partial charge in [-0.3, -0.25) is 9.69 Å². The zero-order valence-corrected chi connectivity index (χ0v) is 20.0. The van der Waals surface area contributed by atoms with Crippen LogP contribution in [0, 0.1) is 0 Å². The molecule has 0 spiro atoms. The molecular formula is C29H29FN2O4. The Morgan fingerprint density at radius 3 is 2.72 bits per heavy atom. The van der Waals surface area contributed by atoms with E-state index in [0.29, 0.717) is 43.9 Å². The molecule has 1 aliphatic heterocycles. The minimum Gasteiger partial charge on any atom is -0.488 e. The van der Waals surface area contributed by atoms with E-state index in [0.717, 1.165) is 38.8 Å². The molecule has 5 rings (SSSR count). The summed E-state index contributed by atoms with van der Waals surface area (Å²) in [4.78, 5) is 13.4. The summed E-state index contributed by atoms with van der Waals surface area (Å²) >= 11 is 0. The quantitative estimate of drug-likeness (QED) is 0.332. The molecule has 1 fully saturated rings. The number of carboxylic acids is 1. The largest absolute Gasteiger partial charge is 0.488 e. The lowest BCUT2D eigenvalue weighted by Gasteiger charge is -2.16. The Hall–Kier alpha value is -3.68. The standard InChI is InChI=1S/C29H29FN2O4/c30-25-8-9-32(16-25)15-23-11-22(20-6-3-4-19(10-20)14-31)12-26-24(18-36-29(23)26)17-35-27-7-2-1-5-21(27)13-28(33)34/h1-7,10-12,18,25H,8-9,13-17,31H2,(H,33,34)/t25-/m0/s1. The average Bonchev–Trinajstić information content (AvgIpc) is 3.49. The van der Waals surface area contributed by atoms with Gasteiger partial charge in [0, 0.05) is 48.3 Å². The number of fused-ring (bicyclic) bond motifs is 1. The maximum atomic E-state index is 13.9. The molecule has 1 saturated heterocycles. The number of alkyl halides is 1. The molecule has 1 aliphatic rings. The number of likely N-dealkylation sites (tertiary alicyclic amines) is 1. The Morgan fingerprint density at radius 1 is 1.08 bits per heavy atom. The van der Waals surface area contributed by atoms with E-state index in [1.807, 2.05) is 18.2 Å². The van der Waals surface area contributed by atoms with Crippen molar-refractivity contribution in [2.24, 2.45) is 5.73 Å². The van der Waals surface area contributed by atoms with Crippen LogP contribution >= 0.6 is 0 Å². The third-order valence-corrected chi connectivity index (χ3v) is 6.63. The van der Waals surface area contributed by atoms with Crippen LogP contribution in [0.2, 0.25) is 0 Å². The van der Waals surface area contributed by atoms with Gasteiger partial charge >= 0.3 is 5.97 Å². The van der Waals surface area contributed by atoms with Crippen LogP contribution in [0.15, 0.2) is 71.3 Å². The number of halogens is 1. The number of rotatable bonds is 9. The molecule has 2 heterocycles. The van der Waals surface area contributed by atoms with Gasteiger partial charge in [-0.25, -0.2) is 4.39 Å². The minimum atomic E-state index is -0.911. The van der Waals surface area contributed by atoms with Crippen molar-refractivity contribution in [2.75, 3.05) is 13.1 Å². The second kappa shape index (κ2) is 10.5. The zero-order valence-electron chi connectivity index (χ0n) is 20.0. The number of hydrogen-bond donors (Lipinski definition) is 2. The summed E-state index contributed by atoms with van der Waals surface area (Å²) in [6, 6.07) is 19.5. The Bertz CT molecular complexity index is 1380. The lowest BCUT2D eigenvalue weighted by atomic mass is 9.97. The van der Waals surface area contributed by atoms with Gasteiger partial charge < -0.3 is 20.0 Å². The smallest absolute Gasteiger partial charge is 0.307 e. The molecule has 0 saturated carbocycles. The highest BCUT2D eigenvalue weighted by Gasteiger charge is 2.24. The number of aliphatic carboxylic acids is 1. The number of furan rings is 1. The van der Waals surface area contributed by atoms with Crippen molar-refractivity contribution < 1.29 is 23.4 Å². The summed E-state index contributed by atoms with van der Waals surface area (Å²) in [7, 11) is 0. The number of para-hydroxylation sites is 1. The number of nitrogens with two attached hydrogens (primary N) is 1. The maximum Gasteiger partial charge on any atom is 0.307 e. The van der Waals surface area contributed by atoms with Crippen molar-refractivity contribution in [1.29, 1.82) is 0 Å². The van der Waals surface area contributed by atoms with Gasteiger partial charge in [-0.15, -0.1) is 0 Å². The van der Waals surface area contributed by atoms with Crippen molar-refractivity contribution >= 4 is 16.9 Å². The Labute approximate surface area is 209 Å². The summed E-state index contributed by atoms with van der Waals surface area (Å²) < 4.78 is 25.9. The number of carboxylic acid groups (broad SMARTS) is 1. The van der Waals surface area contributed by atoms with Gasteiger partial charge in [0.15, 0.2) is 0 Å². The van der Waals surface area contributed by atoms with Gasteiger partial charge in [0.05, 0.1) is 12.7 Å². The lowest BCUT2D eigenvalue weighted by Crippen LogP contribution is -2.20. The van der Waals surface area contributed by atoms with Gasteiger partial charge in [-0.1, -0.05) is 36.4 Å². The molecule has 1 atom stereocenters. The molecule has 0 aliphatic carbocycles. The number of benzene rings is 3. The molecule has 3 N–H and O–H groups in total. The zero-order chi connectivity index (χ0) is 25.1. The lowest BCUT2D eigenvalue weighted by molar-refractivity contribution is -0.136. The fourth-order valence-corrected chi connectivity index (χ4v) is 4.81. The molecule has 4 aromatic rings. The first-order valence-corrected chi connectivity index (χ1v) is 12.1. The average molecular weight is 489 g/mol. The van der Waals surface area contributed by atoms with E-state index >= 15 is 0 Å². The third kappa shape index (κ3) is 5.27. The van der Waals surface area contributed by atoms with Crippen LogP contribution in [0.3, 0.4) is 0 Å². The molecule has 186 valence electrons. The van der Waals surface area contributed by atoms with E-state index in [-0.39, 0.29) is 13.0 Å². The van der Waals surface area contributed by atoms with Crippen LogP contribution in [-0.2, 0) is 30.9 Å². The highest BCUT2D eigenvalue weighted by Crippen LogP contribution is 2.34. The van der Waals surface area contributed by atoms with Crippen LogP contribution in [0.5, 0.6) is 5.75 Å². The fraction of sp³-hybridized carbons (Fsp3) is 0.276. The molecule has 0 amide bonds. The van der Waals surface area contributed by atoms with Gasteiger partial charge in [0.25, 0.3) is 0 Å². The SMILES string of the molecule is NCc1cccc(-c2cc(CN3CC[C@H](F)C3)c3occ(COc4ccccc4CC(=O)O)c3c2)c1.